The highest BCUT2D eigenvalue weighted by molar-refractivity contribution is 9.11. The van der Waals surface area contributed by atoms with Gasteiger partial charge >= 0.3 is 0 Å². The van der Waals surface area contributed by atoms with Crippen molar-refractivity contribution < 1.29 is 8.42 Å². The van der Waals surface area contributed by atoms with Crippen molar-refractivity contribution in [2.45, 2.75) is 50.3 Å². The van der Waals surface area contributed by atoms with Gasteiger partial charge in [0.2, 0.25) is 10.0 Å². The van der Waals surface area contributed by atoms with Gasteiger partial charge in [0, 0.05) is 6.04 Å². The largest absolute Gasteiger partial charge is 0.250 e. The predicted molar refractivity (Wildman–Crippen MR) is 83.0 cm³/mol. The van der Waals surface area contributed by atoms with Gasteiger partial charge in [0.1, 0.15) is 4.21 Å². The van der Waals surface area contributed by atoms with E-state index in [0.717, 1.165) is 28.6 Å². The second-order valence-electron chi connectivity index (χ2n) is 5.35. The van der Waals surface area contributed by atoms with Crippen molar-refractivity contribution in [3.8, 4) is 0 Å². The molecule has 1 fully saturated rings. The fourth-order valence-corrected chi connectivity index (χ4v) is 6.42. The first-order chi connectivity index (χ1) is 8.85. The maximum atomic E-state index is 12.4. The highest BCUT2D eigenvalue weighted by Gasteiger charge is 2.34. The number of halogens is 1. The van der Waals surface area contributed by atoms with Crippen molar-refractivity contribution in [2.24, 2.45) is 11.8 Å². The predicted octanol–water partition coefficient (Wildman–Crippen LogP) is 3.92. The molecule has 1 aliphatic rings. The second kappa shape index (κ2) is 5.84. The molecule has 3 nitrogen and oxygen atoms in total. The Labute approximate surface area is 128 Å². The maximum absolute atomic E-state index is 12.4. The molecule has 1 heterocycles. The van der Waals surface area contributed by atoms with Crippen molar-refractivity contribution in [3.63, 3.8) is 0 Å². The van der Waals surface area contributed by atoms with Crippen LogP contribution in [-0.4, -0.2) is 14.5 Å². The van der Waals surface area contributed by atoms with Crippen LogP contribution in [0.15, 0.2) is 14.1 Å². The minimum absolute atomic E-state index is 0.0798. The highest BCUT2D eigenvalue weighted by atomic mass is 79.9. The zero-order valence-corrected chi connectivity index (χ0v) is 14.7. The van der Waals surface area contributed by atoms with Gasteiger partial charge in [-0.1, -0.05) is 20.3 Å². The number of rotatable bonds is 4. The van der Waals surface area contributed by atoms with E-state index in [1.807, 2.05) is 6.92 Å². The Balaban J connectivity index is 2.14. The number of aryl methyl sites for hydroxylation is 1. The van der Waals surface area contributed by atoms with Crippen molar-refractivity contribution in [1.29, 1.82) is 0 Å². The third-order valence-corrected chi connectivity index (χ3v) is 8.26. The molecule has 3 unspecified atom stereocenters. The molecule has 0 aliphatic heterocycles. The normalized spacial score (nSPS) is 27.9. The van der Waals surface area contributed by atoms with Gasteiger partial charge in [-0.05, 0) is 59.2 Å². The van der Waals surface area contributed by atoms with Gasteiger partial charge in [-0.3, -0.25) is 0 Å². The van der Waals surface area contributed by atoms with Crippen LogP contribution in [0.3, 0.4) is 0 Å². The van der Waals surface area contributed by atoms with Crippen LogP contribution in [0.1, 0.15) is 38.7 Å². The van der Waals surface area contributed by atoms with Crippen molar-refractivity contribution in [3.05, 3.63) is 15.4 Å². The summed E-state index contributed by atoms with van der Waals surface area (Å²) in [5.74, 6) is 1.06. The molecule has 2 rings (SSSR count). The summed E-state index contributed by atoms with van der Waals surface area (Å²) in [6, 6.07) is 1.81. The van der Waals surface area contributed by atoms with Crippen molar-refractivity contribution >= 4 is 37.3 Å². The van der Waals surface area contributed by atoms with Gasteiger partial charge in [-0.25, -0.2) is 13.1 Å². The lowest BCUT2D eigenvalue weighted by molar-refractivity contribution is 0.369. The Bertz CT molecular complexity index is 533. The summed E-state index contributed by atoms with van der Waals surface area (Å²) < 4.78 is 28.9. The van der Waals surface area contributed by atoms with E-state index < -0.39 is 10.0 Å². The van der Waals surface area contributed by atoms with E-state index in [-0.39, 0.29) is 6.04 Å². The van der Waals surface area contributed by atoms with Crippen LogP contribution in [0.2, 0.25) is 0 Å². The molecule has 1 N–H and O–H groups in total. The van der Waals surface area contributed by atoms with Crippen LogP contribution >= 0.6 is 27.3 Å². The zero-order valence-electron chi connectivity index (χ0n) is 11.4. The van der Waals surface area contributed by atoms with Crippen molar-refractivity contribution in [2.75, 3.05) is 0 Å². The lowest BCUT2D eigenvalue weighted by Crippen LogP contribution is -2.37. The first-order valence-electron chi connectivity index (χ1n) is 6.63. The fourth-order valence-electron chi connectivity index (χ4n) is 2.81. The summed E-state index contributed by atoms with van der Waals surface area (Å²) in [6.45, 7) is 6.24. The summed E-state index contributed by atoms with van der Waals surface area (Å²) in [5.41, 5.74) is 0.969. The molecule has 0 spiro atoms. The van der Waals surface area contributed by atoms with Gasteiger partial charge in [0.15, 0.2) is 0 Å². The average molecular weight is 366 g/mol. The second-order valence-corrected chi connectivity index (χ2v) is 9.67. The molecule has 1 aromatic rings. The van der Waals surface area contributed by atoms with E-state index in [1.54, 1.807) is 6.07 Å². The third-order valence-electron chi connectivity index (χ3n) is 4.16. The molecule has 1 aromatic heterocycles. The van der Waals surface area contributed by atoms with Gasteiger partial charge in [0.05, 0.1) is 3.79 Å². The number of hydrogen-bond donors (Lipinski definition) is 1. The molecule has 0 aromatic carbocycles. The third kappa shape index (κ3) is 3.23. The van der Waals surface area contributed by atoms with Crippen LogP contribution < -0.4 is 4.72 Å². The van der Waals surface area contributed by atoms with Crippen LogP contribution in [0.5, 0.6) is 0 Å². The summed E-state index contributed by atoms with van der Waals surface area (Å²) in [7, 11) is -3.37. The Morgan fingerprint density at radius 3 is 2.63 bits per heavy atom. The summed E-state index contributed by atoms with van der Waals surface area (Å²) >= 11 is 4.66. The Kier molecular flexibility index (Phi) is 4.75. The van der Waals surface area contributed by atoms with E-state index in [4.69, 9.17) is 0 Å². The molecular formula is C13H20BrNO2S2. The first kappa shape index (κ1) is 15.5. The van der Waals surface area contributed by atoms with E-state index in [9.17, 15) is 8.42 Å². The number of hydrogen-bond acceptors (Lipinski definition) is 3. The molecule has 108 valence electrons. The van der Waals surface area contributed by atoms with Crippen molar-refractivity contribution in [1.82, 2.24) is 4.72 Å². The lowest BCUT2D eigenvalue weighted by Gasteiger charge is -2.20. The number of thiophene rings is 1. The van der Waals surface area contributed by atoms with E-state index in [1.165, 1.54) is 11.3 Å². The van der Waals surface area contributed by atoms with Crippen LogP contribution in [-0.2, 0) is 10.0 Å². The molecule has 0 saturated heterocycles. The molecule has 3 atom stereocenters. The number of sulfonamides is 1. The molecule has 6 heteroatoms. The van der Waals surface area contributed by atoms with Crippen LogP contribution in [0.25, 0.3) is 0 Å². The van der Waals surface area contributed by atoms with Crippen LogP contribution in [0, 0.1) is 18.8 Å². The van der Waals surface area contributed by atoms with E-state index >= 15 is 0 Å². The zero-order chi connectivity index (χ0) is 14.2. The molecule has 0 radical (unpaired) electrons. The average Bonchev–Trinajstić information content (AvgIpc) is 2.85. The van der Waals surface area contributed by atoms with E-state index in [2.05, 4.69) is 34.5 Å². The molecule has 0 bridgehead atoms. The van der Waals surface area contributed by atoms with Gasteiger partial charge in [0.25, 0.3) is 0 Å². The molecule has 19 heavy (non-hydrogen) atoms. The Hall–Kier alpha value is 0.0900. The standard InChI is InChI=1S/C13H20BrNO2S2/c1-4-10-5-6-11(9(10)3)15-19(16,17)12-7-8(2)13(14)18-12/h7,9-11,15H,4-6H2,1-3H3. The molecular weight excluding hydrogens is 346 g/mol. The first-order valence-corrected chi connectivity index (χ1v) is 9.72. The maximum Gasteiger partial charge on any atom is 0.250 e. The SMILES string of the molecule is CCC1CCC(NS(=O)(=O)c2cc(C)c(Br)s2)C1C. The van der Waals surface area contributed by atoms with Gasteiger partial charge in [-0.2, -0.15) is 0 Å². The monoisotopic (exact) mass is 365 g/mol. The number of nitrogens with one attached hydrogen (secondary N) is 1. The molecule has 1 aliphatic carbocycles. The highest BCUT2D eigenvalue weighted by Crippen LogP contribution is 2.36. The topological polar surface area (TPSA) is 46.2 Å². The van der Waals surface area contributed by atoms with E-state index in [0.29, 0.717) is 16.0 Å². The summed E-state index contributed by atoms with van der Waals surface area (Å²) in [6.07, 6.45) is 3.20. The van der Waals surface area contributed by atoms with Gasteiger partial charge in [-0.15, -0.1) is 11.3 Å². The minimum atomic E-state index is -3.37. The summed E-state index contributed by atoms with van der Waals surface area (Å²) in [5, 5.41) is 0. The Morgan fingerprint density at radius 2 is 2.16 bits per heavy atom. The molecule has 0 amide bonds. The molecule has 1 saturated carbocycles. The quantitative estimate of drug-likeness (QED) is 0.878. The smallest absolute Gasteiger partial charge is 0.207 e. The van der Waals surface area contributed by atoms with Crippen LogP contribution in [0.4, 0.5) is 0 Å². The summed E-state index contributed by atoms with van der Waals surface area (Å²) in [4.78, 5) is 0. The lowest BCUT2D eigenvalue weighted by atomic mass is 9.94. The Morgan fingerprint density at radius 1 is 1.47 bits per heavy atom. The fraction of sp³-hybridized carbons (Fsp3) is 0.692. The van der Waals surface area contributed by atoms with Gasteiger partial charge < -0.3 is 0 Å². The minimum Gasteiger partial charge on any atom is -0.207 e.